The molecule has 0 unspecified atom stereocenters. The van der Waals surface area contributed by atoms with E-state index in [9.17, 15) is 14.3 Å². The number of rotatable bonds is 5. The monoisotopic (exact) mass is 403 g/mol. The van der Waals surface area contributed by atoms with Crippen LogP contribution in [0.5, 0.6) is 5.75 Å². The van der Waals surface area contributed by atoms with Crippen LogP contribution in [0.4, 0.5) is 4.39 Å². The van der Waals surface area contributed by atoms with Crippen LogP contribution in [0.1, 0.15) is 28.3 Å². The molecule has 1 amide bonds. The van der Waals surface area contributed by atoms with Crippen LogP contribution in [0.3, 0.4) is 0 Å². The third-order valence-electron chi connectivity index (χ3n) is 5.38. The van der Waals surface area contributed by atoms with E-state index in [1.807, 2.05) is 55.5 Å². The van der Waals surface area contributed by atoms with Crippen molar-refractivity contribution in [2.24, 2.45) is 0 Å². The lowest BCUT2D eigenvalue weighted by Crippen LogP contribution is -2.30. The number of aryl methyl sites for hydroxylation is 1. The Kier molecular flexibility index (Phi) is 5.27. The van der Waals surface area contributed by atoms with Gasteiger partial charge in [0.1, 0.15) is 11.6 Å². The van der Waals surface area contributed by atoms with Crippen LogP contribution >= 0.6 is 0 Å². The molecule has 5 heteroatoms. The first-order valence-corrected chi connectivity index (χ1v) is 9.68. The largest absolute Gasteiger partial charge is 0.503 e. The van der Waals surface area contributed by atoms with Crippen molar-refractivity contribution in [3.63, 3.8) is 0 Å². The molecule has 3 aromatic carbocycles. The van der Waals surface area contributed by atoms with E-state index < -0.39 is 17.8 Å². The third-order valence-corrected chi connectivity index (χ3v) is 5.38. The molecule has 0 saturated carbocycles. The van der Waals surface area contributed by atoms with Crippen LogP contribution in [0, 0.1) is 12.7 Å². The molecule has 3 aromatic rings. The molecule has 1 aliphatic heterocycles. The maximum absolute atomic E-state index is 14.8. The van der Waals surface area contributed by atoms with Gasteiger partial charge in [0.25, 0.3) is 5.91 Å². The molecule has 1 N–H and O–H groups in total. The number of hydrogen-bond acceptors (Lipinski definition) is 3. The van der Waals surface area contributed by atoms with Crippen LogP contribution in [0.2, 0.25) is 0 Å². The van der Waals surface area contributed by atoms with Crippen molar-refractivity contribution in [3.8, 4) is 5.75 Å². The van der Waals surface area contributed by atoms with Crippen LogP contribution < -0.4 is 4.74 Å². The summed E-state index contributed by atoms with van der Waals surface area (Å²) in [6.07, 6.45) is 0. The predicted molar refractivity (Wildman–Crippen MR) is 113 cm³/mol. The van der Waals surface area contributed by atoms with Gasteiger partial charge in [-0.05, 0) is 36.2 Å². The summed E-state index contributed by atoms with van der Waals surface area (Å²) in [5.41, 5.74) is 3.36. The van der Waals surface area contributed by atoms with E-state index in [1.54, 1.807) is 25.3 Å². The standard InChI is InChI=1S/C25H22FNO3/c1-16-7-11-18(12-8-16)22-23(20-5-3-4-6-21(20)26)27(25(29)24(22)28)15-17-9-13-19(30-2)14-10-17/h3-14,23,28H,15H2,1-2H3/t23-/m1/s1. The first-order chi connectivity index (χ1) is 14.5. The Labute approximate surface area is 174 Å². The summed E-state index contributed by atoms with van der Waals surface area (Å²) in [6, 6.07) is 20.5. The molecule has 0 radical (unpaired) electrons. The van der Waals surface area contributed by atoms with Gasteiger partial charge in [-0.3, -0.25) is 4.79 Å². The van der Waals surface area contributed by atoms with Gasteiger partial charge < -0.3 is 14.7 Å². The van der Waals surface area contributed by atoms with Crippen LogP contribution in [-0.4, -0.2) is 23.0 Å². The first-order valence-electron chi connectivity index (χ1n) is 9.68. The van der Waals surface area contributed by atoms with Crippen molar-refractivity contribution < 1.29 is 19.0 Å². The lowest BCUT2D eigenvalue weighted by atomic mass is 9.92. The highest BCUT2D eigenvalue weighted by Crippen LogP contribution is 2.44. The van der Waals surface area contributed by atoms with E-state index in [1.165, 1.54) is 11.0 Å². The summed E-state index contributed by atoms with van der Waals surface area (Å²) in [5, 5.41) is 10.8. The Hall–Kier alpha value is -3.60. The van der Waals surface area contributed by atoms with Crippen LogP contribution in [0.25, 0.3) is 5.57 Å². The number of carbonyl (C=O) groups is 1. The highest BCUT2D eigenvalue weighted by atomic mass is 19.1. The molecule has 30 heavy (non-hydrogen) atoms. The van der Waals surface area contributed by atoms with Crippen molar-refractivity contribution in [1.82, 2.24) is 4.90 Å². The minimum atomic E-state index is -0.733. The third kappa shape index (κ3) is 3.54. The summed E-state index contributed by atoms with van der Waals surface area (Å²) in [4.78, 5) is 14.6. The number of hydrogen-bond donors (Lipinski definition) is 1. The zero-order valence-corrected chi connectivity index (χ0v) is 16.8. The number of benzene rings is 3. The number of ether oxygens (including phenoxy) is 1. The summed E-state index contributed by atoms with van der Waals surface area (Å²) in [7, 11) is 1.59. The Balaban J connectivity index is 1.80. The molecule has 0 spiro atoms. The van der Waals surface area contributed by atoms with E-state index in [2.05, 4.69) is 0 Å². The van der Waals surface area contributed by atoms with Gasteiger partial charge in [-0.15, -0.1) is 0 Å². The summed E-state index contributed by atoms with van der Waals surface area (Å²) < 4.78 is 20.0. The minimum Gasteiger partial charge on any atom is -0.503 e. The first kappa shape index (κ1) is 19.7. The number of aliphatic hydroxyl groups is 1. The number of halogens is 1. The molecule has 152 valence electrons. The quantitative estimate of drug-likeness (QED) is 0.637. The number of methoxy groups -OCH3 is 1. The predicted octanol–water partition coefficient (Wildman–Crippen LogP) is 5.20. The van der Waals surface area contributed by atoms with Crippen molar-refractivity contribution in [1.29, 1.82) is 0 Å². The molecule has 1 heterocycles. The number of carbonyl (C=O) groups excluding carboxylic acids is 1. The molecule has 0 fully saturated rings. The highest BCUT2D eigenvalue weighted by Gasteiger charge is 2.42. The molecular formula is C25H22FNO3. The summed E-state index contributed by atoms with van der Waals surface area (Å²) in [5.74, 6) is -0.580. The molecule has 4 rings (SSSR count). The van der Waals surface area contributed by atoms with Gasteiger partial charge in [0.05, 0.1) is 13.2 Å². The minimum absolute atomic E-state index is 0.223. The normalized spacial score (nSPS) is 16.3. The Morgan fingerprint density at radius 3 is 2.30 bits per heavy atom. The van der Waals surface area contributed by atoms with Gasteiger partial charge in [0, 0.05) is 17.7 Å². The summed E-state index contributed by atoms with van der Waals surface area (Å²) in [6.45, 7) is 2.18. The van der Waals surface area contributed by atoms with Crippen molar-refractivity contribution >= 4 is 11.5 Å². The molecule has 4 nitrogen and oxygen atoms in total. The van der Waals surface area contributed by atoms with Gasteiger partial charge in [-0.2, -0.15) is 0 Å². The van der Waals surface area contributed by atoms with Crippen molar-refractivity contribution in [2.75, 3.05) is 7.11 Å². The molecule has 1 aliphatic rings. The second-order valence-corrected chi connectivity index (χ2v) is 7.33. The molecule has 0 bridgehead atoms. The molecule has 1 atom stereocenters. The molecule has 0 aromatic heterocycles. The zero-order chi connectivity index (χ0) is 21.3. The second kappa shape index (κ2) is 8.03. The molecule has 0 saturated heterocycles. The fraction of sp³-hybridized carbons (Fsp3) is 0.160. The number of amides is 1. The average Bonchev–Trinajstić information content (AvgIpc) is 3.00. The lowest BCUT2D eigenvalue weighted by molar-refractivity contribution is -0.130. The maximum atomic E-state index is 14.8. The number of nitrogens with zero attached hydrogens (tertiary/aromatic N) is 1. The lowest BCUT2D eigenvalue weighted by Gasteiger charge is -2.28. The van der Waals surface area contributed by atoms with Crippen LogP contribution in [0.15, 0.2) is 78.6 Å². The molecular weight excluding hydrogens is 381 g/mol. The summed E-state index contributed by atoms with van der Waals surface area (Å²) >= 11 is 0. The molecule has 0 aliphatic carbocycles. The van der Waals surface area contributed by atoms with E-state index in [0.717, 1.165) is 11.1 Å². The van der Waals surface area contributed by atoms with E-state index in [0.29, 0.717) is 22.4 Å². The van der Waals surface area contributed by atoms with Gasteiger partial charge in [0.2, 0.25) is 0 Å². The van der Waals surface area contributed by atoms with Gasteiger partial charge in [0.15, 0.2) is 5.76 Å². The van der Waals surface area contributed by atoms with E-state index in [4.69, 9.17) is 4.74 Å². The van der Waals surface area contributed by atoms with Crippen LogP contribution in [-0.2, 0) is 11.3 Å². The topological polar surface area (TPSA) is 49.8 Å². The SMILES string of the molecule is COc1ccc(CN2C(=O)C(O)=C(c3ccc(C)cc3)[C@H]2c2ccccc2F)cc1. The second-order valence-electron chi connectivity index (χ2n) is 7.33. The van der Waals surface area contributed by atoms with Crippen molar-refractivity contribution in [2.45, 2.75) is 19.5 Å². The average molecular weight is 403 g/mol. The van der Waals surface area contributed by atoms with E-state index >= 15 is 0 Å². The maximum Gasteiger partial charge on any atom is 0.290 e. The fourth-order valence-electron chi connectivity index (χ4n) is 3.79. The highest BCUT2D eigenvalue weighted by molar-refractivity contribution is 6.05. The van der Waals surface area contributed by atoms with Gasteiger partial charge >= 0.3 is 0 Å². The zero-order valence-electron chi connectivity index (χ0n) is 16.8. The Morgan fingerprint density at radius 2 is 1.67 bits per heavy atom. The Morgan fingerprint density at radius 1 is 1.00 bits per heavy atom. The smallest absolute Gasteiger partial charge is 0.290 e. The van der Waals surface area contributed by atoms with Gasteiger partial charge in [-0.1, -0.05) is 60.2 Å². The van der Waals surface area contributed by atoms with Crippen molar-refractivity contribution in [3.05, 3.63) is 107 Å². The Bertz CT molecular complexity index is 1100. The van der Waals surface area contributed by atoms with E-state index in [-0.39, 0.29) is 12.3 Å². The number of aliphatic hydroxyl groups excluding tert-OH is 1. The fourth-order valence-corrected chi connectivity index (χ4v) is 3.79. The van der Waals surface area contributed by atoms with Gasteiger partial charge in [-0.25, -0.2) is 4.39 Å².